The highest BCUT2D eigenvalue weighted by molar-refractivity contribution is 9.09. The van der Waals surface area contributed by atoms with Gasteiger partial charge in [-0.1, -0.05) is 15.9 Å². The van der Waals surface area contributed by atoms with Crippen LogP contribution in [-0.2, 0) is 17.8 Å². The number of pyridine rings is 1. The summed E-state index contributed by atoms with van der Waals surface area (Å²) in [5, 5.41) is 0.906. The first-order valence-corrected chi connectivity index (χ1v) is 5.93. The Kier molecular flexibility index (Phi) is 5.05. The molecule has 0 N–H and O–H groups in total. The van der Waals surface area contributed by atoms with E-state index in [1.807, 2.05) is 13.1 Å². The molecule has 0 saturated heterocycles. The Labute approximate surface area is 98.9 Å². The predicted octanol–water partition coefficient (Wildman–Crippen LogP) is 2.48. The van der Waals surface area contributed by atoms with Gasteiger partial charge in [-0.2, -0.15) is 0 Å². The molecule has 1 aromatic heterocycles. The third kappa shape index (κ3) is 2.92. The molecule has 1 heterocycles. The molecule has 3 nitrogen and oxygen atoms in total. The van der Waals surface area contributed by atoms with Crippen molar-refractivity contribution in [2.45, 2.75) is 20.0 Å². The second kappa shape index (κ2) is 6.08. The molecule has 0 radical (unpaired) electrons. The van der Waals surface area contributed by atoms with E-state index < -0.39 is 0 Å². The number of hydrogen-bond acceptors (Lipinski definition) is 3. The fraction of sp³-hybridized carbons (Fsp3) is 0.545. The van der Waals surface area contributed by atoms with Crippen LogP contribution in [0.3, 0.4) is 0 Å². The minimum absolute atomic E-state index is 0.575. The first kappa shape index (κ1) is 12.5. The minimum atomic E-state index is 0.575. The van der Waals surface area contributed by atoms with Crippen LogP contribution in [0, 0.1) is 6.92 Å². The Morgan fingerprint density at radius 1 is 1.40 bits per heavy atom. The molecular weight excluding hydrogens is 258 g/mol. The molecule has 0 aromatic carbocycles. The van der Waals surface area contributed by atoms with Gasteiger partial charge in [0.2, 0.25) is 0 Å². The summed E-state index contributed by atoms with van der Waals surface area (Å²) in [7, 11) is 3.36. The predicted molar refractivity (Wildman–Crippen MR) is 63.7 cm³/mol. The lowest BCUT2D eigenvalue weighted by Crippen LogP contribution is -2.04. The second-order valence-corrected chi connectivity index (χ2v) is 4.05. The summed E-state index contributed by atoms with van der Waals surface area (Å²) >= 11 is 3.44. The van der Waals surface area contributed by atoms with Gasteiger partial charge in [0.25, 0.3) is 0 Å². The van der Waals surface area contributed by atoms with E-state index in [2.05, 4.69) is 20.9 Å². The smallest absolute Gasteiger partial charge is 0.143 e. The second-order valence-electron chi connectivity index (χ2n) is 3.25. The summed E-state index contributed by atoms with van der Waals surface area (Å²) < 4.78 is 10.5. The number of alkyl halides is 1. The number of aryl methyl sites for hydroxylation is 1. The summed E-state index contributed by atoms with van der Waals surface area (Å²) in [6, 6.07) is 0. The van der Waals surface area contributed by atoms with Gasteiger partial charge in [0.05, 0.1) is 19.4 Å². The van der Waals surface area contributed by atoms with Gasteiger partial charge in [-0.05, 0) is 13.3 Å². The van der Waals surface area contributed by atoms with Gasteiger partial charge in [-0.25, -0.2) is 0 Å². The Morgan fingerprint density at radius 2 is 2.13 bits per heavy atom. The van der Waals surface area contributed by atoms with E-state index in [0.29, 0.717) is 6.61 Å². The Morgan fingerprint density at radius 3 is 2.67 bits per heavy atom. The minimum Gasteiger partial charge on any atom is -0.495 e. The molecule has 0 amide bonds. The first-order chi connectivity index (χ1) is 7.24. The van der Waals surface area contributed by atoms with Crippen LogP contribution >= 0.6 is 15.9 Å². The summed E-state index contributed by atoms with van der Waals surface area (Å²) in [4.78, 5) is 4.29. The molecule has 0 aliphatic carbocycles. The zero-order valence-corrected chi connectivity index (χ0v) is 10.9. The fourth-order valence-corrected chi connectivity index (χ4v) is 1.99. The fourth-order valence-electron chi connectivity index (χ4n) is 1.59. The molecule has 1 aromatic rings. The molecule has 0 saturated carbocycles. The van der Waals surface area contributed by atoms with Crippen LogP contribution in [0.25, 0.3) is 0 Å². The van der Waals surface area contributed by atoms with Crippen molar-refractivity contribution in [2.24, 2.45) is 0 Å². The van der Waals surface area contributed by atoms with Gasteiger partial charge in [0, 0.05) is 29.8 Å². The number of methoxy groups -OCH3 is 2. The van der Waals surface area contributed by atoms with Crippen molar-refractivity contribution in [1.82, 2.24) is 4.98 Å². The van der Waals surface area contributed by atoms with Crippen LogP contribution in [-0.4, -0.2) is 24.5 Å². The van der Waals surface area contributed by atoms with Crippen molar-refractivity contribution in [3.8, 4) is 5.75 Å². The van der Waals surface area contributed by atoms with Crippen LogP contribution in [0.2, 0.25) is 0 Å². The van der Waals surface area contributed by atoms with Crippen LogP contribution in [0.1, 0.15) is 16.8 Å². The maximum Gasteiger partial charge on any atom is 0.143 e. The molecule has 0 spiro atoms. The molecule has 0 unspecified atom stereocenters. The zero-order valence-electron chi connectivity index (χ0n) is 9.34. The molecule has 0 atom stereocenters. The van der Waals surface area contributed by atoms with E-state index in [1.165, 1.54) is 5.56 Å². The quantitative estimate of drug-likeness (QED) is 0.773. The van der Waals surface area contributed by atoms with Crippen molar-refractivity contribution in [3.63, 3.8) is 0 Å². The summed E-state index contributed by atoms with van der Waals surface area (Å²) in [5.74, 6) is 0.879. The average molecular weight is 274 g/mol. The van der Waals surface area contributed by atoms with E-state index >= 15 is 0 Å². The lowest BCUT2D eigenvalue weighted by Gasteiger charge is -2.14. The largest absolute Gasteiger partial charge is 0.495 e. The van der Waals surface area contributed by atoms with Gasteiger partial charge in [-0.3, -0.25) is 4.98 Å². The third-order valence-electron chi connectivity index (χ3n) is 2.25. The van der Waals surface area contributed by atoms with Crippen molar-refractivity contribution < 1.29 is 9.47 Å². The molecule has 84 valence electrons. The van der Waals surface area contributed by atoms with Crippen molar-refractivity contribution in [3.05, 3.63) is 23.0 Å². The molecule has 0 bridgehead atoms. The Bertz CT molecular complexity index is 329. The number of rotatable bonds is 5. The summed E-state index contributed by atoms with van der Waals surface area (Å²) in [6.45, 7) is 2.53. The van der Waals surface area contributed by atoms with E-state index in [4.69, 9.17) is 9.47 Å². The number of hydrogen-bond donors (Lipinski definition) is 0. The number of nitrogens with zero attached hydrogens (tertiary/aromatic N) is 1. The molecule has 0 aliphatic heterocycles. The molecule has 1 rings (SSSR count). The zero-order chi connectivity index (χ0) is 11.3. The van der Waals surface area contributed by atoms with Gasteiger partial charge in [0.1, 0.15) is 5.75 Å². The summed E-state index contributed by atoms with van der Waals surface area (Å²) in [5.41, 5.74) is 3.21. The van der Waals surface area contributed by atoms with Gasteiger partial charge >= 0.3 is 0 Å². The maximum atomic E-state index is 5.38. The van der Waals surface area contributed by atoms with Crippen molar-refractivity contribution in [2.75, 3.05) is 19.5 Å². The van der Waals surface area contributed by atoms with Crippen molar-refractivity contribution >= 4 is 15.9 Å². The van der Waals surface area contributed by atoms with E-state index in [-0.39, 0.29) is 0 Å². The molecule has 4 heteroatoms. The normalized spacial score (nSPS) is 10.4. The van der Waals surface area contributed by atoms with Gasteiger partial charge in [-0.15, -0.1) is 0 Å². The van der Waals surface area contributed by atoms with Gasteiger partial charge in [0.15, 0.2) is 0 Å². The molecule has 15 heavy (non-hydrogen) atoms. The SMILES string of the molecule is COCc1cnc(C)c(OC)c1CCBr. The van der Waals surface area contributed by atoms with E-state index in [1.54, 1.807) is 14.2 Å². The lowest BCUT2D eigenvalue weighted by molar-refractivity contribution is 0.183. The number of halogens is 1. The Hall–Kier alpha value is -0.610. The highest BCUT2D eigenvalue weighted by Crippen LogP contribution is 2.26. The lowest BCUT2D eigenvalue weighted by atomic mass is 10.1. The molecule has 0 aliphatic rings. The molecule has 0 fully saturated rings. The monoisotopic (exact) mass is 273 g/mol. The summed E-state index contributed by atoms with van der Waals surface area (Å²) in [6.07, 6.45) is 2.78. The van der Waals surface area contributed by atoms with Crippen LogP contribution in [0.4, 0.5) is 0 Å². The van der Waals surface area contributed by atoms with Crippen LogP contribution in [0.5, 0.6) is 5.75 Å². The Balaban J connectivity index is 3.15. The standard InChI is InChI=1S/C11H16BrNO2/c1-8-11(15-3)10(4-5-12)9(6-13-8)7-14-2/h6H,4-5,7H2,1-3H3. The van der Waals surface area contributed by atoms with Crippen molar-refractivity contribution in [1.29, 1.82) is 0 Å². The van der Waals surface area contributed by atoms with E-state index in [9.17, 15) is 0 Å². The maximum absolute atomic E-state index is 5.38. The average Bonchev–Trinajstić information content (AvgIpc) is 2.23. The number of aromatic nitrogens is 1. The number of ether oxygens (including phenoxy) is 2. The van der Waals surface area contributed by atoms with Crippen LogP contribution < -0.4 is 4.74 Å². The van der Waals surface area contributed by atoms with Gasteiger partial charge < -0.3 is 9.47 Å². The highest BCUT2D eigenvalue weighted by Gasteiger charge is 2.12. The molecular formula is C11H16BrNO2. The highest BCUT2D eigenvalue weighted by atomic mass is 79.9. The third-order valence-corrected chi connectivity index (χ3v) is 2.65. The van der Waals surface area contributed by atoms with E-state index in [0.717, 1.165) is 28.8 Å². The van der Waals surface area contributed by atoms with Crippen LogP contribution in [0.15, 0.2) is 6.20 Å². The first-order valence-electron chi connectivity index (χ1n) is 4.80. The topological polar surface area (TPSA) is 31.4 Å².